The Labute approximate surface area is 166 Å². The van der Waals surface area contributed by atoms with Crippen molar-refractivity contribution >= 4 is 39.3 Å². The van der Waals surface area contributed by atoms with Crippen molar-refractivity contribution in [3.63, 3.8) is 0 Å². The maximum Gasteiger partial charge on any atom is 0.229 e. The Balaban J connectivity index is 1.60. The molecular weight excluding hydrogens is 370 g/mol. The van der Waals surface area contributed by atoms with Crippen molar-refractivity contribution in [2.45, 2.75) is 13.0 Å². The van der Waals surface area contributed by atoms with Gasteiger partial charge in [-0.3, -0.25) is 0 Å². The summed E-state index contributed by atoms with van der Waals surface area (Å²) in [6.07, 6.45) is 1.92. The second-order valence-electron chi connectivity index (χ2n) is 7.10. The highest BCUT2D eigenvalue weighted by Crippen LogP contribution is 2.33. The Bertz CT molecular complexity index is 1210. The highest BCUT2D eigenvalue weighted by Gasteiger charge is 2.19. The number of morpholine rings is 1. The summed E-state index contributed by atoms with van der Waals surface area (Å²) in [4.78, 5) is 11.4. The quantitative estimate of drug-likeness (QED) is 0.544. The molecule has 4 aromatic rings. The van der Waals surface area contributed by atoms with Crippen LogP contribution < -0.4 is 16.0 Å². The predicted molar refractivity (Wildman–Crippen MR) is 112 cm³/mol. The van der Waals surface area contributed by atoms with Gasteiger partial charge >= 0.3 is 0 Å². The molecule has 0 spiro atoms. The van der Waals surface area contributed by atoms with Gasteiger partial charge in [0.1, 0.15) is 16.9 Å². The molecule has 1 aromatic carbocycles. The third-order valence-corrected chi connectivity index (χ3v) is 5.09. The Hall–Kier alpha value is -3.46. The molecule has 5 rings (SSSR count). The van der Waals surface area contributed by atoms with Crippen LogP contribution in [0.2, 0.25) is 0 Å². The first kappa shape index (κ1) is 17.6. The van der Waals surface area contributed by atoms with Crippen LogP contribution in [0.25, 0.3) is 33.5 Å². The summed E-state index contributed by atoms with van der Waals surface area (Å²) >= 11 is 0. The molecule has 0 amide bonds. The third kappa shape index (κ3) is 3.09. The van der Waals surface area contributed by atoms with Crippen molar-refractivity contribution in [2.75, 3.05) is 42.7 Å². The van der Waals surface area contributed by atoms with Crippen LogP contribution in [0, 0.1) is 0 Å². The van der Waals surface area contributed by atoms with Crippen molar-refractivity contribution in [2.24, 2.45) is 0 Å². The first-order chi connectivity index (χ1) is 14.1. The lowest BCUT2D eigenvalue weighted by Crippen LogP contribution is -2.41. The summed E-state index contributed by atoms with van der Waals surface area (Å²) in [5.41, 5.74) is 9.82. The fraction of sp³-hybridized carbons (Fsp3) is 0.300. The van der Waals surface area contributed by atoms with E-state index < -0.39 is 0 Å². The van der Waals surface area contributed by atoms with Gasteiger partial charge in [-0.25, -0.2) is 9.97 Å². The van der Waals surface area contributed by atoms with E-state index in [2.05, 4.69) is 38.4 Å². The highest BCUT2D eigenvalue weighted by atomic mass is 16.5. The Morgan fingerprint density at radius 3 is 2.97 bits per heavy atom. The second-order valence-corrected chi connectivity index (χ2v) is 7.10. The van der Waals surface area contributed by atoms with Gasteiger partial charge in [-0.05, 0) is 31.2 Å². The number of rotatable bonds is 3. The van der Waals surface area contributed by atoms with Gasteiger partial charge < -0.3 is 25.1 Å². The molecule has 1 saturated heterocycles. The molecule has 0 bridgehead atoms. The number of fused-ring (bicyclic) bond motifs is 2. The normalized spacial score (nSPS) is 17.2. The predicted octanol–water partition coefficient (Wildman–Crippen LogP) is 2.68. The number of nitrogens with one attached hydrogen (secondary N) is 1. The summed E-state index contributed by atoms with van der Waals surface area (Å²) < 4.78 is 11.7. The number of anilines is 3. The van der Waals surface area contributed by atoms with E-state index in [0.717, 1.165) is 41.9 Å². The topological polar surface area (TPSA) is 115 Å². The van der Waals surface area contributed by atoms with Gasteiger partial charge in [0.25, 0.3) is 0 Å². The van der Waals surface area contributed by atoms with Crippen LogP contribution in [0.4, 0.5) is 17.3 Å². The van der Waals surface area contributed by atoms with Gasteiger partial charge in [-0.2, -0.15) is 0 Å². The summed E-state index contributed by atoms with van der Waals surface area (Å²) in [5, 5.41) is 11.9. The summed E-state index contributed by atoms with van der Waals surface area (Å²) in [6.45, 7) is 4.52. The van der Waals surface area contributed by atoms with E-state index in [1.54, 1.807) is 19.3 Å². The molecule has 148 valence electrons. The van der Waals surface area contributed by atoms with Crippen LogP contribution in [0.15, 0.2) is 34.9 Å². The van der Waals surface area contributed by atoms with E-state index in [0.29, 0.717) is 28.6 Å². The molecule has 9 heteroatoms. The largest absolute Gasteiger partial charge is 0.436 e. The van der Waals surface area contributed by atoms with E-state index in [1.807, 2.05) is 12.1 Å². The number of nitrogens with zero attached hydrogens (tertiary/aromatic N) is 5. The minimum atomic E-state index is 0.210. The number of ether oxygens (including phenoxy) is 1. The van der Waals surface area contributed by atoms with Gasteiger partial charge in [0.05, 0.1) is 18.3 Å². The molecule has 1 unspecified atom stereocenters. The number of aromatic nitrogens is 4. The SMILES string of the molecule is CNc1ncc(-c2nc3cc(N4CCOC(C)C4)ccc3o2)c2cc(N)nnc12. The minimum absolute atomic E-state index is 0.210. The summed E-state index contributed by atoms with van der Waals surface area (Å²) in [5.74, 6) is 1.42. The number of nitrogen functional groups attached to an aromatic ring is 1. The number of oxazole rings is 1. The van der Waals surface area contributed by atoms with Crippen molar-refractivity contribution in [3.05, 3.63) is 30.5 Å². The Morgan fingerprint density at radius 2 is 2.14 bits per heavy atom. The lowest BCUT2D eigenvalue weighted by molar-refractivity contribution is 0.0532. The molecule has 1 aliphatic rings. The van der Waals surface area contributed by atoms with E-state index in [4.69, 9.17) is 19.9 Å². The number of nitrogens with two attached hydrogens (primary N) is 1. The Morgan fingerprint density at radius 1 is 1.24 bits per heavy atom. The third-order valence-electron chi connectivity index (χ3n) is 5.09. The van der Waals surface area contributed by atoms with Crippen molar-refractivity contribution in [1.29, 1.82) is 0 Å². The van der Waals surface area contributed by atoms with Crippen molar-refractivity contribution in [3.8, 4) is 11.5 Å². The van der Waals surface area contributed by atoms with Gasteiger partial charge in [-0.15, -0.1) is 10.2 Å². The van der Waals surface area contributed by atoms with Crippen LogP contribution in [-0.2, 0) is 4.74 Å². The number of benzene rings is 1. The standard InChI is InChI=1S/C20H21N7O2/c1-11-10-27(5-6-28-11)12-3-4-16-15(7-12)24-20(29-16)14-9-23-19(22-2)18-13(14)8-17(21)25-26-18/h3-4,7-9,11H,5-6,10H2,1-2H3,(H2,21,25)(H,22,23). The molecule has 1 atom stereocenters. The molecule has 29 heavy (non-hydrogen) atoms. The first-order valence-electron chi connectivity index (χ1n) is 9.49. The molecule has 0 radical (unpaired) electrons. The van der Waals surface area contributed by atoms with Crippen LogP contribution in [-0.4, -0.2) is 53.0 Å². The van der Waals surface area contributed by atoms with E-state index in [-0.39, 0.29) is 6.10 Å². The summed E-state index contributed by atoms with van der Waals surface area (Å²) in [7, 11) is 1.78. The molecule has 3 N–H and O–H groups in total. The summed E-state index contributed by atoms with van der Waals surface area (Å²) in [6, 6.07) is 7.81. The van der Waals surface area contributed by atoms with Gasteiger partial charge in [0, 0.05) is 37.4 Å². The molecule has 9 nitrogen and oxygen atoms in total. The van der Waals surface area contributed by atoms with Gasteiger partial charge in [0.15, 0.2) is 11.4 Å². The monoisotopic (exact) mass is 391 g/mol. The van der Waals surface area contributed by atoms with Crippen LogP contribution >= 0.6 is 0 Å². The van der Waals surface area contributed by atoms with Crippen molar-refractivity contribution < 1.29 is 9.15 Å². The average Bonchev–Trinajstić information content (AvgIpc) is 3.15. The molecule has 4 heterocycles. The first-order valence-corrected chi connectivity index (χ1v) is 9.49. The molecular formula is C20H21N7O2. The number of hydrogen-bond acceptors (Lipinski definition) is 9. The molecule has 0 saturated carbocycles. The van der Waals surface area contributed by atoms with Gasteiger partial charge in [0.2, 0.25) is 5.89 Å². The zero-order valence-corrected chi connectivity index (χ0v) is 16.2. The van der Waals surface area contributed by atoms with E-state index >= 15 is 0 Å². The fourth-order valence-corrected chi connectivity index (χ4v) is 3.68. The smallest absolute Gasteiger partial charge is 0.229 e. The van der Waals surface area contributed by atoms with Crippen LogP contribution in [0.3, 0.4) is 0 Å². The molecule has 1 fully saturated rings. The lowest BCUT2D eigenvalue weighted by Gasteiger charge is -2.32. The highest BCUT2D eigenvalue weighted by molar-refractivity contribution is 5.99. The zero-order valence-electron chi connectivity index (χ0n) is 16.2. The Kier molecular flexibility index (Phi) is 4.17. The zero-order chi connectivity index (χ0) is 20.0. The average molecular weight is 391 g/mol. The van der Waals surface area contributed by atoms with E-state index in [9.17, 15) is 0 Å². The maximum atomic E-state index is 6.04. The van der Waals surface area contributed by atoms with E-state index in [1.165, 1.54) is 0 Å². The van der Waals surface area contributed by atoms with Crippen LogP contribution in [0.5, 0.6) is 0 Å². The maximum absolute atomic E-state index is 6.04. The molecule has 0 aliphatic carbocycles. The van der Waals surface area contributed by atoms with Gasteiger partial charge in [-0.1, -0.05) is 0 Å². The molecule has 3 aromatic heterocycles. The molecule has 1 aliphatic heterocycles. The van der Waals surface area contributed by atoms with Crippen LogP contribution in [0.1, 0.15) is 6.92 Å². The number of hydrogen-bond donors (Lipinski definition) is 2. The lowest BCUT2D eigenvalue weighted by atomic mass is 10.1. The fourth-order valence-electron chi connectivity index (χ4n) is 3.68. The van der Waals surface area contributed by atoms with Crippen molar-refractivity contribution in [1.82, 2.24) is 20.2 Å². The number of pyridine rings is 1. The minimum Gasteiger partial charge on any atom is -0.436 e. The second kappa shape index (κ2) is 6.85.